The van der Waals surface area contributed by atoms with E-state index in [4.69, 9.17) is 5.73 Å². The Bertz CT molecular complexity index is 483. The number of anilines is 1. The summed E-state index contributed by atoms with van der Waals surface area (Å²) in [4.78, 5) is 11.6. The molecule has 16 heavy (non-hydrogen) atoms. The third-order valence-corrected chi connectivity index (χ3v) is 2.67. The summed E-state index contributed by atoms with van der Waals surface area (Å²) in [6.45, 7) is 0.350. The zero-order chi connectivity index (χ0) is 11.4. The van der Waals surface area contributed by atoms with Crippen LogP contribution < -0.4 is 11.1 Å². The highest BCUT2D eigenvalue weighted by Gasteiger charge is 2.06. The largest absolute Gasteiger partial charge is 0.374 e. The molecule has 1 heterocycles. The first-order chi connectivity index (χ1) is 7.75. The van der Waals surface area contributed by atoms with Gasteiger partial charge in [0.2, 0.25) is 5.13 Å². The van der Waals surface area contributed by atoms with E-state index in [1.807, 2.05) is 18.2 Å². The zero-order valence-electron chi connectivity index (χ0n) is 8.38. The number of nitrogen functional groups attached to an aromatic ring is 1. The van der Waals surface area contributed by atoms with Crippen molar-refractivity contribution < 1.29 is 4.79 Å². The molecule has 0 spiro atoms. The lowest BCUT2D eigenvalue weighted by atomic mass is 10.2. The summed E-state index contributed by atoms with van der Waals surface area (Å²) in [6.07, 6.45) is 0. The average Bonchev–Trinajstić information content (AvgIpc) is 2.73. The SMILES string of the molecule is Nc1nnc(CNC(=O)c2ccccc2)s1. The predicted molar refractivity (Wildman–Crippen MR) is 61.9 cm³/mol. The second-order valence-corrected chi connectivity index (χ2v) is 4.18. The van der Waals surface area contributed by atoms with Crippen molar-refractivity contribution in [3.05, 3.63) is 40.9 Å². The Kier molecular flexibility index (Phi) is 3.11. The maximum atomic E-state index is 11.6. The lowest BCUT2D eigenvalue weighted by Gasteiger charge is -2.01. The van der Waals surface area contributed by atoms with Gasteiger partial charge < -0.3 is 11.1 Å². The summed E-state index contributed by atoms with van der Waals surface area (Å²) in [5.41, 5.74) is 6.05. The zero-order valence-corrected chi connectivity index (χ0v) is 9.20. The number of nitrogens with one attached hydrogen (secondary N) is 1. The van der Waals surface area contributed by atoms with Crippen LogP contribution in [0.25, 0.3) is 0 Å². The Morgan fingerprint density at radius 1 is 1.31 bits per heavy atom. The molecular weight excluding hydrogens is 224 g/mol. The van der Waals surface area contributed by atoms with E-state index in [9.17, 15) is 4.79 Å². The van der Waals surface area contributed by atoms with Gasteiger partial charge in [-0.3, -0.25) is 4.79 Å². The molecule has 0 fully saturated rings. The van der Waals surface area contributed by atoms with Gasteiger partial charge >= 0.3 is 0 Å². The highest BCUT2D eigenvalue weighted by Crippen LogP contribution is 2.10. The van der Waals surface area contributed by atoms with Crippen molar-refractivity contribution in [2.45, 2.75) is 6.54 Å². The first-order valence-corrected chi connectivity index (χ1v) is 5.48. The highest BCUT2D eigenvalue weighted by atomic mass is 32.1. The average molecular weight is 234 g/mol. The quantitative estimate of drug-likeness (QED) is 0.831. The van der Waals surface area contributed by atoms with E-state index in [2.05, 4.69) is 15.5 Å². The van der Waals surface area contributed by atoms with Crippen LogP contribution in [0.5, 0.6) is 0 Å². The molecule has 2 aromatic rings. The van der Waals surface area contributed by atoms with Gasteiger partial charge in [-0.05, 0) is 12.1 Å². The molecule has 1 aromatic heterocycles. The van der Waals surface area contributed by atoms with Crippen molar-refractivity contribution in [3.63, 3.8) is 0 Å². The molecule has 82 valence electrons. The van der Waals surface area contributed by atoms with Gasteiger partial charge in [0, 0.05) is 5.56 Å². The molecule has 1 amide bonds. The third-order valence-electron chi connectivity index (χ3n) is 1.92. The van der Waals surface area contributed by atoms with Gasteiger partial charge in [0.15, 0.2) is 0 Å². The number of nitrogens with two attached hydrogens (primary N) is 1. The van der Waals surface area contributed by atoms with Gasteiger partial charge in [0.1, 0.15) is 5.01 Å². The minimum Gasteiger partial charge on any atom is -0.374 e. The van der Waals surface area contributed by atoms with E-state index in [1.54, 1.807) is 12.1 Å². The molecule has 0 aliphatic carbocycles. The van der Waals surface area contributed by atoms with Crippen LogP contribution in [0, 0.1) is 0 Å². The fourth-order valence-corrected chi connectivity index (χ4v) is 1.73. The van der Waals surface area contributed by atoms with Gasteiger partial charge in [-0.25, -0.2) is 0 Å². The molecule has 0 atom stereocenters. The molecule has 0 bridgehead atoms. The molecule has 6 heteroatoms. The van der Waals surface area contributed by atoms with Crippen molar-refractivity contribution in [2.24, 2.45) is 0 Å². The maximum Gasteiger partial charge on any atom is 0.251 e. The normalized spacial score (nSPS) is 10.0. The Labute approximate surface area is 96.3 Å². The van der Waals surface area contributed by atoms with E-state index in [1.165, 1.54) is 11.3 Å². The van der Waals surface area contributed by atoms with Gasteiger partial charge in [0.05, 0.1) is 6.54 Å². The van der Waals surface area contributed by atoms with Crippen LogP contribution in [0.4, 0.5) is 5.13 Å². The molecule has 0 aliphatic rings. The molecule has 1 aromatic carbocycles. The van der Waals surface area contributed by atoms with Crippen molar-refractivity contribution >= 4 is 22.4 Å². The topological polar surface area (TPSA) is 80.9 Å². The number of aromatic nitrogens is 2. The Hall–Kier alpha value is -1.95. The van der Waals surface area contributed by atoms with Crippen LogP contribution in [0.15, 0.2) is 30.3 Å². The van der Waals surface area contributed by atoms with E-state index < -0.39 is 0 Å². The Balaban J connectivity index is 1.94. The van der Waals surface area contributed by atoms with E-state index in [-0.39, 0.29) is 5.91 Å². The first kappa shape index (κ1) is 10.6. The van der Waals surface area contributed by atoms with Crippen molar-refractivity contribution in [1.82, 2.24) is 15.5 Å². The molecule has 0 saturated heterocycles. The molecule has 5 nitrogen and oxygen atoms in total. The number of amides is 1. The van der Waals surface area contributed by atoms with Crippen LogP contribution in [0.1, 0.15) is 15.4 Å². The number of carbonyl (C=O) groups is 1. The van der Waals surface area contributed by atoms with Crippen molar-refractivity contribution in [2.75, 3.05) is 5.73 Å². The molecular formula is C10H10N4OS. The third kappa shape index (κ3) is 2.54. The summed E-state index contributed by atoms with van der Waals surface area (Å²) in [5, 5.41) is 11.3. The Morgan fingerprint density at radius 3 is 2.69 bits per heavy atom. The predicted octanol–water partition coefficient (Wildman–Crippen LogP) is 1.05. The molecule has 0 radical (unpaired) electrons. The summed E-state index contributed by atoms with van der Waals surface area (Å²) in [6, 6.07) is 9.01. The van der Waals surface area contributed by atoms with Gasteiger partial charge in [-0.15, -0.1) is 10.2 Å². The smallest absolute Gasteiger partial charge is 0.251 e. The Morgan fingerprint density at radius 2 is 2.06 bits per heavy atom. The summed E-state index contributed by atoms with van der Waals surface area (Å²) in [7, 11) is 0. The highest BCUT2D eigenvalue weighted by molar-refractivity contribution is 7.15. The molecule has 0 aliphatic heterocycles. The molecule has 0 unspecified atom stereocenters. The number of rotatable bonds is 3. The first-order valence-electron chi connectivity index (χ1n) is 4.67. The van der Waals surface area contributed by atoms with E-state index >= 15 is 0 Å². The number of carbonyl (C=O) groups excluding carboxylic acids is 1. The van der Waals surface area contributed by atoms with Crippen LogP contribution in [0.2, 0.25) is 0 Å². The lowest BCUT2D eigenvalue weighted by Crippen LogP contribution is -2.22. The fraction of sp³-hybridized carbons (Fsp3) is 0.100. The van der Waals surface area contributed by atoms with Gasteiger partial charge in [-0.2, -0.15) is 0 Å². The monoisotopic (exact) mass is 234 g/mol. The second kappa shape index (κ2) is 4.71. The van der Waals surface area contributed by atoms with Crippen molar-refractivity contribution in [3.8, 4) is 0 Å². The second-order valence-electron chi connectivity index (χ2n) is 3.08. The van der Waals surface area contributed by atoms with E-state index in [0.717, 1.165) is 0 Å². The number of hydrogen-bond donors (Lipinski definition) is 2. The van der Waals surface area contributed by atoms with E-state index in [0.29, 0.717) is 22.2 Å². The summed E-state index contributed by atoms with van der Waals surface area (Å²) >= 11 is 1.27. The molecule has 3 N–H and O–H groups in total. The number of benzene rings is 1. The summed E-state index contributed by atoms with van der Waals surface area (Å²) in [5.74, 6) is -0.130. The number of nitrogens with zero attached hydrogens (tertiary/aromatic N) is 2. The van der Waals surface area contributed by atoms with Gasteiger partial charge in [0.25, 0.3) is 5.91 Å². The van der Waals surface area contributed by atoms with Gasteiger partial charge in [-0.1, -0.05) is 29.5 Å². The maximum absolute atomic E-state index is 11.6. The lowest BCUT2D eigenvalue weighted by molar-refractivity contribution is 0.0951. The standard InChI is InChI=1S/C10H10N4OS/c11-10-14-13-8(16-10)6-12-9(15)7-4-2-1-3-5-7/h1-5H,6H2,(H2,11,14)(H,12,15). The minimum atomic E-state index is -0.130. The summed E-state index contributed by atoms with van der Waals surface area (Å²) < 4.78 is 0. The fourth-order valence-electron chi connectivity index (χ4n) is 1.19. The number of hydrogen-bond acceptors (Lipinski definition) is 5. The molecule has 2 rings (SSSR count). The van der Waals surface area contributed by atoms with Crippen LogP contribution in [-0.4, -0.2) is 16.1 Å². The molecule has 0 saturated carbocycles. The van der Waals surface area contributed by atoms with Crippen LogP contribution in [0.3, 0.4) is 0 Å². The van der Waals surface area contributed by atoms with Crippen LogP contribution >= 0.6 is 11.3 Å². The van der Waals surface area contributed by atoms with Crippen molar-refractivity contribution in [1.29, 1.82) is 0 Å². The minimum absolute atomic E-state index is 0.130. The van der Waals surface area contributed by atoms with Crippen LogP contribution in [-0.2, 0) is 6.54 Å².